The summed E-state index contributed by atoms with van der Waals surface area (Å²) in [7, 11) is 0. The van der Waals surface area contributed by atoms with Crippen molar-refractivity contribution < 1.29 is 14.1 Å². The molecule has 2 fully saturated rings. The molecule has 1 aromatic heterocycles. The third-order valence-corrected chi connectivity index (χ3v) is 6.22. The summed E-state index contributed by atoms with van der Waals surface area (Å²) >= 11 is 0. The molecule has 1 atom stereocenters. The van der Waals surface area contributed by atoms with Crippen molar-refractivity contribution in [3.63, 3.8) is 0 Å². The van der Waals surface area contributed by atoms with Gasteiger partial charge in [-0.15, -0.1) is 0 Å². The minimum atomic E-state index is -0.0256. The van der Waals surface area contributed by atoms with Crippen molar-refractivity contribution in [3.05, 3.63) is 47.6 Å². The molecule has 0 spiro atoms. The standard InChI is InChI=1S/C23H32N4O3/c1-2-29-23(28)19-9-6-12-27(16-19)20-10-13-26(14-11-20)17-22-24-21(25-30-22)15-18-7-4-3-5-8-18/h3-5,7-8,19-20H,2,6,9-17H2,1H3/t19-/m0/s1. The van der Waals surface area contributed by atoms with Crippen LogP contribution in [0.5, 0.6) is 0 Å². The molecule has 0 unspecified atom stereocenters. The molecule has 30 heavy (non-hydrogen) atoms. The minimum absolute atomic E-state index is 0.0256. The van der Waals surface area contributed by atoms with E-state index >= 15 is 0 Å². The number of carbonyl (C=O) groups is 1. The Morgan fingerprint density at radius 3 is 2.73 bits per heavy atom. The number of hydrogen-bond donors (Lipinski definition) is 0. The highest BCUT2D eigenvalue weighted by molar-refractivity contribution is 5.72. The Hall–Kier alpha value is -2.25. The molecule has 0 aliphatic carbocycles. The summed E-state index contributed by atoms with van der Waals surface area (Å²) in [5.41, 5.74) is 1.19. The van der Waals surface area contributed by atoms with Gasteiger partial charge in [-0.3, -0.25) is 14.6 Å². The molecule has 1 aromatic carbocycles. The molecule has 7 heteroatoms. The van der Waals surface area contributed by atoms with E-state index in [0.717, 1.165) is 57.7 Å². The number of carbonyl (C=O) groups excluding carboxylic acids is 1. The summed E-state index contributed by atoms with van der Waals surface area (Å²) in [6.07, 6.45) is 4.96. The van der Waals surface area contributed by atoms with Crippen molar-refractivity contribution in [2.75, 3.05) is 32.8 Å². The lowest BCUT2D eigenvalue weighted by molar-refractivity contribution is -0.150. The zero-order chi connectivity index (χ0) is 20.8. The van der Waals surface area contributed by atoms with Crippen molar-refractivity contribution in [1.29, 1.82) is 0 Å². The number of hydrogen-bond acceptors (Lipinski definition) is 7. The highest BCUT2D eigenvalue weighted by Gasteiger charge is 2.32. The van der Waals surface area contributed by atoms with E-state index in [2.05, 4.69) is 32.1 Å². The summed E-state index contributed by atoms with van der Waals surface area (Å²) in [6, 6.07) is 10.8. The van der Waals surface area contributed by atoms with E-state index in [1.807, 2.05) is 25.1 Å². The number of benzene rings is 1. The van der Waals surface area contributed by atoms with Gasteiger partial charge >= 0.3 is 5.97 Å². The summed E-state index contributed by atoms with van der Waals surface area (Å²) < 4.78 is 10.7. The topological polar surface area (TPSA) is 71.7 Å². The quantitative estimate of drug-likeness (QED) is 0.648. The number of aromatic nitrogens is 2. The Bertz CT molecular complexity index is 802. The van der Waals surface area contributed by atoms with E-state index in [-0.39, 0.29) is 11.9 Å². The fraction of sp³-hybridized carbons (Fsp3) is 0.609. The van der Waals surface area contributed by atoms with Crippen molar-refractivity contribution in [1.82, 2.24) is 19.9 Å². The first-order valence-corrected chi connectivity index (χ1v) is 11.2. The predicted molar refractivity (Wildman–Crippen MR) is 113 cm³/mol. The van der Waals surface area contributed by atoms with Crippen LogP contribution in [0.1, 0.15) is 49.9 Å². The Kier molecular flexibility index (Phi) is 7.12. The average molecular weight is 413 g/mol. The second-order valence-corrected chi connectivity index (χ2v) is 8.36. The Labute approximate surface area is 178 Å². The maximum atomic E-state index is 12.1. The molecule has 4 rings (SSSR count). The second kappa shape index (κ2) is 10.2. The van der Waals surface area contributed by atoms with E-state index in [4.69, 9.17) is 9.26 Å². The van der Waals surface area contributed by atoms with E-state index in [1.165, 1.54) is 5.56 Å². The molecule has 2 saturated heterocycles. The highest BCUT2D eigenvalue weighted by atomic mass is 16.5. The molecule has 0 radical (unpaired) electrons. The zero-order valence-electron chi connectivity index (χ0n) is 17.8. The summed E-state index contributed by atoms with van der Waals surface area (Å²) in [5, 5.41) is 4.14. The summed E-state index contributed by atoms with van der Waals surface area (Å²) in [6.45, 7) is 7.02. The van der Waals surface area contributed by atoms with Gasteiger partial charge in [0.05, 0.1) is 19.1 Å². The van der Waals surface area contributed by atoms with Crippen molar-refractivity contribution >= 4 is 5.97 Å². The van der Waals surface area contributed by atoms with Crippen LogP contribution in [0.2, 0.25) is 0 Å². The molecule has 0 N–H and O–H groups in total. The van der Waals surface area contributed by atoms with Crippen LogP contribution in [0.4, 0.5) is 0 Å². The molecule has 2 aliphatic rings. The van der Waals surface area contributed by atoms with Crippen LogP contribution in [0.25, 0.3) is 0 Å². The lowest BCUT2D eigenvalue weighted by Crippen LogP contribution is -2.49. The van der Waals surface area contributed by atoms with Gasteiger partial charge in [-0.1, -0.05) is 35.5 Å². The van der Waals surface area contributed by atoms with Crippen LogP contribution < -0.4 is 0 Å². The van der Waals surface area contributed by atoms with E-state index in [9.17, 15) is 4.79 Å². The third-order valence-electron chi connectivity index (χ3n) is 6.22. The number of likely N-dealkylation sites (tertiary alicyclic amines) is 2. The van der Waals surface area contributed by atoms with Crippen LogP contribution in [-0.2, 0) is 22.5 Å². The SMILES string of the molecule is CCOC(=O)[C@H]1CCCN(C2CCN(Cc3nc(Cc4ccccc4)no3)CC2)C1. The van der Waals surface area contributed by atoms with Crippen LogP contribution in [0.3, 0.4) is 0 Å². The smallest absolute Gasteiger partial charge is 0.310 e. The monoisotopic (exact) mass is 412 g/mol. The van der Waals surface area contributed by atoms with Gasteiger partial charge in [0.25, 0.3) is 0 Å². The number of ether oxygens (including phenoxy) is 1. The first-order valence-electron chi connectivity index (χ1n) is 11.2. The van der Waals surface area contributed by atoms with Crippen LogP contribution >= 0.6 is 0 Å². The van der Waals surface area contributed by atoms with E-state index in [1.54, 1.807) is 0 Å². The Balaban J connectivity index is 1.23. The van der Waals surface area contributed by atoms with E-state index < -0.39 is 0 Å². The van der Waals surface area contributed by atoms with Crippen LogP contribution in [0.15, 0.2) is 34.9 Å². The molecule has 3 heterocycles. The molecule has 2 aromatic rings. The van der Waals surface area contributed by atoms with Gasteiger partial charge in [0.1, 0.15) is 0 Å². The first kappa shape index (κ1) is 21.0. The maximum absolute atomic E-state index is 12.1. The van der Waals surface area contributed by atoms with Gasteiger partial charge in [-0.25, -0.2) is 0 Å². The van der Waals surface area contributed by atoms with Crippen LogP contribution in [-0.4, -0.2) is 64.7 Å². The van der Waals surface area contributed by atoms with Gasteiger partial charge in [-0.05, 0) is 44.7 Å². The van der Waals surface area contributed by atoms with Crippen molar-refractivity contribution in [2.45, 2.75) is 51.6 Å². The molecular formula is C23H32N4O3. The predicted octanol–water partition coefficient (Wildman–Crippen LogP) is 2.90. The average Bonchev–Trinajstić information content (AvgIpc) is 3.22. The number of rotatable bonds is 7. The zero-order valence-corrected chi connectivity index (χ0v) is 17.8. The van der Waals surface area contributed by atoms with Gasteiger partial charge in [0.15, 0.2) is 5.82 Å². The Morgan fingerprint density at radius 1 is 1.17 bits per heavy atom. The number of esters is 1. The van der Waals surface area contributed by atoms with E-state index in [0.29, 0.717) is 31.5 Å². The lowest BCUT2D eigenvalue weighted by Gasteiger charge is -2.41. The fourth-order valence-corrected chi connectivity index (χ4v) is 4.63. The first-order chi connectivity index (χ1) is 14.7. The molecular weight excluding hydrogens is 380 g/mol. The lowest BCUT2D eigenvalue weighted by atomic mass is 9.94. The summed E-state index contributed by atoms with van der Waals surface area (Å²) in [4.78, 5) is 21.6. The molecule has 162 valence electrons. The normalized spacial score (nSPS) is 21.6. The fourth-order valence-electron chi connectivity index (χ4n) is 4.63. The van der Waals surface area contributed by atoms with Gasteiger partial charge < -0.3 is 9.26 Å². The van der Waals surface area contributed by atoms with Crippen molar-refractivity contribution in [2.24, 2.45) is 5.92 Å². The second-order valence-electron chi connectivity index (χ2n) is 8.36. The van der Waals surface area contributed by atoms with Gasteiger partial charge in [0.2, 0.25) is 5.89 Å². The minimum Gasteiger partial charge on any atom is -0.466 e. The highest BCUT2D eigenvalue weighted by Crippen LogP contribution is 2.25. The molecule has 7 nitrogen and oxygen atoms in total. The largest absolute Gasteiger partial charge is 0.466 e. The number of piperidine rings is 2. The van der Waals surface area contributed by atoms with Crippen molar-refractivity contribution in [3.8, 4) is 0 Å². The molecule has 0 amide bonds. The molecule has 0 bridgehead atoms. The van der Waals surface area contributed by atoms with Gasteiger partial charge in [0, 0.05) is 32.1 Å². The molecule has 2 aliphatic heterocycles. The third kappa shape index (κ3) is 5.46. The summed E-state index contributed by atoms with van der Waals surface area (Å²) in [5.74, 6) is 1.45. The molecule has 0 saturated carbocycles. The Morgan fingerprint density at radius 2 is 1.97 bits per heavy atom. The number of nitrogens with zero attached hydrogens (tertiary/aromatic N) is 4. The maximum Gasteiger partial charge on any atom is 0.310 e. The van der Waals surface area contributed by atoms with Gasteiger partial charge in [-0.2, -0.15) is 4.98 Å². The van der Waals surface area contributed by atoms with Crippen LogP contribution in [0, 0.1) is 5.92 Å².